The molecule has 1 aliphatic heterocycles. The number of likely N-dealkylation sites (tertiary alicyclic amines) is 1. The number of piperidine rings is 1. The molecule has 120 valence electrons. The maximum absolute atomic E-state index is 13.0. The van der Waals surface area contributed by atoms with E-state index in [1.165, 1.54) is 5.56 Å². The van der Waals surface area contributed by atoms with E-state index in [2.05, 4.69) is 29.2 Å². The highest BCUT2D eigenvalue weighted by molar-refractivity contribution is 5.94. The van der Waals surface area contributed by atoms with Crippen molar-refractivity contribution in [1.29, 1.82) is 0 Å². The van der Waals surface area contributed by atoms with Crippen LogP contribution in [0.25, 0.3) is 10.9 Å². The summed E-state index contributed by atoms with van der Waals surface area (Å²) in [7, 11) is 0. The number of fused-ring (bicyclic) bond motifs is 1. The average Bonchev–Trinajstić information content (AvgIpc) is 2.68. The molecule has 4 rings (SSSR count). The molecule has 0 N–H and O–H groups in total. The van der Waals surface area contributed by atoms with Crippen LogP contribution in [0.2, 0.25) is 0 Å². The molecule has 0 spiro atoms. The van der Waals surface area contributed by atoms with E-state index in [0.29, 0.717) is 0 Å². The molecule has 0 radical (unpaired) electrons. The van der Waals surface area contributed by atoms with Gasteiger partial charge in [-0.3, -0.25) is 9.78 Å². The first kappa shape index (κ1) is 14.9. The number of rotatable bonds is 2. The smallest absolute Gasteiger partial charge is 0.254 e. The van der Waals surface area contributed by atoms with Crippen molar-refractivity contribution in [2.45, 2.75) is 25.3 Å². The molecule has 3 heteroatoms. The Morgan fingerprint density at radius 1 is 1.00 bits per heavy atom. The van der Waals surface area contributed by atoms with Crippen LogP contribution in [-0.4, -0.2) is 22.3 Å². The molecule has 3 nitrogen and oxygen atoms in total. The largest absolute Gasteiger partial charge is 0.332 e. The van der Waals surface area contributed by atoms with Gasteiger partial charge in [-0.25, -0.2) is 0 Å². The van der Waals surface area contributed by atoms with E-state index in [4.69, 9.17) is 0 Å². The number of carbonyl (C=O) groups is 1. The minimum atomic E-state index is 0.131. The number of nitrogens with zero attached hydrogens (tertiary/aromatic N) is 2. The molecule has 1 fully saturated rings. The first-order valence-electron chi connectivity index (χ1n) is 8.53. The van der Waals surface area contributed by atoms with Gasteiger partial charge in [-0.2, -0.15) is 0 Å². The second-order valence-corrected chi connectivity index (χ2v) is 6.33. The van der Waals surface area contributed by atoms with Crippen molar-refractivity contribution in [2.75, 3.05) is 6.54 Å². The first-order valence-corrected chi connectivity index (χ1v) is 8.53. The number of amides is 1. The maximum atomic E-state index is 13.0. The second-order valence-electron chi connectivity index (χ2n) is 6.33. The Bertz CT molecular complexity index is 860. The normalized spacial score (nSPS) is 17.8. The van der Waals surface area contributed by atoms with E-state index >= 15 is 0 Å². The van der Waals surface area contributed by atoms with E-state index < -0.39 is 0 Å². The van der Waals surface area contributed by atoms with E-state index in [1.54, 1.807) is 0 Å². The zero-order valence-corrected chi connectivity index (χ0v) is 13.6. The Hall–Kier alpha value is -2.68. The molecule has 1 aliphatic rings. The van der Waals surface area contributed by atoms with Gasteiger partial charge in [0, 0.05) is 23.7 Å². The SMILES string of the molecule is O=C(c1ccccc1)N1CCCCC1c1ccc2ncccc2c1. The fourth-order valence-corrected chi connectivity index (χ4v) is 3.57. The third-order valence-corrected chi connectivity index (χ3v) is 4.80. The summed E-state index contributed by atoms with van der Waals surface area (Å²) in [6, 6.07) is 20.2. The molecule has 0 bridgehead atoms. The standard InChI is InChI=1S/C21H20N2O/c24-21(16-7-2-1-3-8-16)23-14-5-4-10-20(23)18-11-12-19-17(15-18)9-6-13-22-19/h1-3,6-9,11-13,15,20H,4-5,10,14H2. The minimum Gasteiger partial charge on any atom is -0.332 e. The Morgan fingerprint density at radius 3 is 2.75 bits per heavy atom. The van der Waals surface area contributed by atoms with Crippen LogP contribution in [0.5, 0.6) is 0 Å². The molecule has 24 heavy (non-hydrogen) atoms. The number of hydrogen-bond donors (Lipinski definition) is 0. The van der Waals surface area contributed by atoms with Crippen molar-refractivity contribution < 1.29 is 4.79 Å². The number of benzene rings is 2. The molecule has 2 aromatic carbocycles. The van der Waals surface area contributed by atoms with Crippen LogP contribution in [0.3, 0.4) is 0 Å². The summed E-state index contributed by atoms with van der Waals surface area (Å²) < 4.78 is 0. The summed E-state index contributed by atoms with van der Waals surface area (Å²) in [4.78, 5) is 19.4. The minimum absolute atomic E-state index is 0.131. The highest BCUT2D eigenvalue weighted by Gasteiger charge is 2.28. The predicted octanol–water partition coefficient (Wildman–Crippen LogP) is 4.60. The molecule has 3 aromatic rings. The predicted molar refractivity (Wildman–Crippen MR) is 95.8 cm³/mol. The third kappa shape index (κ3) is 2.78. The number of pyridine rings is 1. The lowest BCUT2D eigenvalue weighted by atomic mass is 9.93. The zero-order chi connectivity index (χ0) is 16.4. The Morgan fingerprint density at radius 2 is 1.88 bits per heavy atom. The Labute approximate surface area is 141 Å². The summed E-state index contributed by atoms with van der Waals surface area (Å²) in [5.74, 6) is 0.131. The molecular weight excluding hydrogens is 296 g/mol. The molecule has 1 amide bonds. The Balaban J connectivity index is 1.69. The lowest BCUT2D eigenvalue weighted by molar-refractivity contribution is 0.0611. The fraction of sp³-hybridized carbons (Fsp3) is 0.238. The lowest BCUT2D eigenvalue weighted by Gasteiger charge is -2.36. The van der Waals surface area contributed by atoms with Crippen LogP contribution in [0.4, 0.5) is 0 Å². The van der Waals surface area contributed by atoms with Crippen LogP contribution in [0.1, 0.15) is 41.2 Å². The van der Waals surface area contributed by atoms with Crippen LogP contribution in [0, 0.1) is 0 Å². The van der Waals surface area contributed by atoms with Crippen molar-refractivity contribution in [3.05, 3.63) is 78.0 Å². The van der Waals surface area contributed by atoms with E-state index in [1.807, 2.05) is 47.5 Å². The molecule has 1 saturated heterocycles. The quantitative estimate of drug-likeness (QED) is 0.692. The highest BCUT2D eigenvalue weighted by atomic mass is 16.2. The average molecular weight is 316 g/mol. The van der Waals surface area contributed by atoms with Crippen molar-refractivity contribution in [3.8, 4) is 0 Å². The molecule has 1 atom stereocenters. The van der Waals surface area contributed by atoms with Gasteiger partial charge in [0.15, 0.2) is 0 Å². The van der Waals surface area contributed by atoms with Crippen LogP contribution < -0.4 is 0 Å². The van der Waals surface area contributed by atoms with Gasteiger partial charge in [0.2, 0.25) is 0 Å². The van der Waals surface area contributed by atoms with E-state index in [0.717, 1.165) is 42.3 Å². The van der Waals surface area contributed by atoms with Gasteiger partial charge in [-0.15, -0.1) is 0 Å². The molecular formula is C21H20N2O. The molecule has 1 aromatic heterocycles. The van der Waals surface area contributed by atoms with Crippen molar-refractivity contribution in [2.24, 2.45) is 0 Å². The van der Waals surface area contributed by atoms with Gasteiger partial charge in [-0.1, -0.05) is 30.3 Å². The van der Waals surface area contributed by atoms with Gasteiger partial charge in [0.1, 0.15) is 0 Å². The second kappa shape index (κ2) is 6.44. The van der Waals surface area contributed by atoms with Crippen molar-refractivity contribution in [3.63, 3.8) is 0 Å². The topological polar surface area (TPSA) is 33.2 Å². The third-order valence-electron chi connectivity index (χ3n) is 4.80. The Kier molecular flexibility index (Phi) is 3.99. The maximum Gasteiger partial charge on any atom is 0.254 e. The summed E-state index contributed by atoms with van der Waals surface area (Å²) >= 11 is 0. The number of carbonyl (C=O) groups excluding carboxylic acids is 1. The first-order chi connectivity index (χ1) is 11.8. The van der Waals surface area contributed by atoms with E-state index in [9.17, 15) is 4.79 Å². The lowest BCUT2D eigenvalue weighted by Crippen LogP contribution is -2.38. The van der Waals surface area contributed by atoms with Crippen LogP contribution in [0.15, 0.2) is 66.9 Å². The van der Waals surface area contributed by atoms with E-state index in [-0.39, 0.29) is 11.9 Å². The van der Waals surface area contributed by atoms with Gasteiger partial charge >= 0.3 is 0 Å². The van der Waals surface area contributed by atoms with Gasteiger partial charge < -0.3 is 4.90 Å². The molecule has 0 aliphatic carbocycles. The summed E-state index contributed by atoms with van der Waals surface area (Å²) in [5.41, 5.74) is 2.98. The molecule has 1 unspecified atom stereocenters. The summed E-state index contributed by atoms with van der Waals surface area (Å²) in [6.45, 7) is 0.823. The van der Waals surface area contributed by atoms with Crippen LogP contribution in [-0.2, 0) is 0 Å². The van der Waals surface area contributed by atoms with Gasteiger partial charge in [0.05, 0.1) is 11.6 Å². The molecule has 2 heterocycles. The highest BCUT2D eigenvalue weighted by Crippen LogP contribution is 2.33. The van der Waals surface area contributed by atoms with Crippen molar-refractivity contribution in [1.82, 2.24) is 9.88 Å². The van der Waals surface area contributed by atoms with Crippen LogP contribution >= 0.6 is 0 Å². The van der Waals surface area contributed by atoms with Gasteiger partial charge in [0.25, 0.3) is 5.91 Å². The van der Waals surface area contributed by atoms with Crippen molar-refractivity contribution >= 4 is 16.8 Å². The summed E-state index contributed by atoms with van der Waals surface area (Å²) in [5, 5.41) is 1.13. The zero-order valence-electron chi connectivity index (χ0n) is 13.6. The number of aromatic nitrogens is 1. The monoisotopic (exact) mass is 316 g/mol. The van der Waals surface area contributed by atoms with Gasteiger partial charge in [-0.05, 0) is 55.2 Å². The number of hydrogen-bond acceptors (Lipinski definition) is 2. The fourth-order valence-electron chi connectivity index (χ4n) is 3.57. The molecule has 0 saturated carbocycles. The summed E-state index contributed by atoms with van der Waals surface area (Å²) in [6.07, 6.45) is 5.07.